The van der Waals surface area contributed by atoms with Crippen LogP contribution in [-0.2, 0) is 5.41 Å². The van der Waals surface area contributed by atoms with Crippen LogP contribution in [0.2, 0.25) is 0 Å². The number of hydrogen-bond donors (Lipinski definition) is 0. The van der Waals surface area contributed by atoms with Crippen molar-refractivity contribution in [3.8, 4) is 5.75 Å². The normalized spacial score (nSPS) is 24.4. The predicted octanol–water partition coefficient (Wildman–Crippen LogP) is 3.46. The Balaban J connectivity index is 2.28. The largest absolute Gasteiger partial charge is 0.494 e. The summed E-state index contributed by atoms with van der Waals surface area (Å²) in [5, 5.41) is 0. The van der Waals surface area contributed by atoms with E-state index in [1.54, 1.807) is 0 Å². The molecular weight excluding hydrogens is 222 g/mol. The molecule has 2 nitrogen and oxygen atoms in total. The molecule has 0 amide bonds. The highest BCUT2D eigenvalue weighted by molar-refractivity contribution is 5.35. The first kappa shape index (κ1) is 13.4. The molecule has 1 aliphatic rings. The topological polar surface area (TPSA) is 12.5 Å². The van der Waals surface area contributed by atoms with Crippen LogP contribution in [0.5, 0.6) is 5.75 Å². The number of likely N-dealkylation sites (N-methyl/N-ethyl adjacent to an activating group) is 1. The van der Waals surface area contributed by atoms with Gasteiger partial charge in [-0.3, -0.25) is 0 Å². The zero-order valence-corrected chi connectivity index (χ0v) is 11.9. The molecule has 18 heavy (non-hydrogen) atoms. The van der Waals surface area contributed by atoms with Crippen LogP contribution in [-0.4, -0.2) is 31.6 Å². The molecule has 2 heteroatoms. The molecule has 1 saturated heterocycles. The maximum Gasteiger partial charge on any atom is 0.119 e. The molecule has 0 radical (unpaired) electrons. The summed E-state index contributed by atoms with van der Waals surface area (Å²) in [6.07, 6.45) is 3.78. The number of nitrogens with zero attached hydrogens (tertiary/aromatic N) is 1. The van der Waals surface area contributed by atoms with Gasteiger partial charge in [0.2, 0.25) is 0 Å². The van der Waals surface area contributed by atoms with E-state index < -0.39 is 0 Å². The molecule has 100 valence electrons. The summed E-state index contributed by atoms with van der Waals surface area (Å²) in [4.78, 5) is 2.45. The third kappa shape index (κ3) is 2.69. The highest BCUT2D eigenvalue weighted by Gasteiger charge is 2.37. The lowest BCUT2D eigenvalue weighted by Crippen LogP contribution is -2.29. The first-order valence-electron chi connectivity index (χ1n) is 7.12. The summed E-state index contributed by atoms with van der Waals surface area (Å²) in [7, 11) is 2.23. The molecule has 0 aliphatic carbocycles. The zero-order valence-electron chi connectivity index (χ0n) is 11.9. The molecule has 1 atom stereocenters. The Morgan fingerprint density at radius 3 is 2.78 bits per heavy atom. The van der Waals surface area contributed by atoms with Crippen molar-refractivity contribution in [1.29, 1.82) is 0 Å². The molecule has 1 aromatic carbocycles. The van der Waals surface area contributed by atoms with Gasteiger partial charge in [0, 0.05) is 12.0 Å². The fourth-order valence-corrected chi connectivity index (χ4v) is 3.22. The number of hydrogen-bond acceptors (Lipinski definition) is 2. The first-order valence-corrected chi connectivity index (χ1v) is 7.12. The highest BCUT2D eigenvalue weighted by Crippen LogP contribution is 2.39. The summed E-state index contributed by atoms with van der Waals surface area (Å²) in [5.74, 6) is 1.01. The smallest absolute Gasteiger partial charge is 0.119 e. The molecule has 0 aromatic heterocycles. The van der Waals surface area contributed by atoms with Crippen molar-refractivity contribution < 1.29 is 4.74 Å². The van der Waals surface area contributed by atoms with Crippen LogP contribution >= 0.6 is 0 Å². The van der Waals surface area contributed by atoms with Gasteiger partial charge in [0.15, 0.2) is 0 Å². The second-order valence-electron chi connectivity index (χ2n) is 5.48. The van der Waals surface area contributed by atoms with Crippen molar-refractivity contribution in [3.63, 3.8) is 0 Å². The first-order chi connectivity index (χ1) is 8.70. The number of ether oxygens (including phenoxy) is 1. The summed E-state index contributed by atoms with van der Waals surface area (Å²) < 4.78 is 5.64. The molecule has 0 N–H and O–H groups in total. The van der Waals surface area contributed by atoms with Crippen molar-refractivity contribution in [1.82, 2.24) is 4.90 Å². The fraction of sp³-hybridized carbons (Fsp3) is 0.625. The molecular formula is C16H25NO. The van der Waals surface area contributed by atoms with Gasteiger partial charge in [0.25, 0.3) is 0 Å². The standard InChI is InChI=1S/C16H25NO/c1-4-9-16(10-11-17(3)13-16)14-7-6-8-15(12-14)18-5-2/h6-8,12H,4-5,9-11,13H2,1-3H3. The quantitative estimate of drug-likeness (QED) is 0.790. The summed E-state index contributed by atoms with van der Waals surface area (Å²) in [6.45, 7) is 7.45. The van der Waals surface area contributed by atoms with Gasteiger partial charge in [-0.2, -0.15) is 0 Å². The minimum atomic E-state index is 0.344. The number of benzene rings is 1. The Kier molecular flexibility index (Phi) is 4.28. The molecule has 2 rings (SSSR count). The minimum absolute atomic E-state index is 0.344. The van der Waals surface area contributed by atoms with E-state index in [-0.39, 0.29) is 0 Å². The van der Waals surface area contributed by atoms with E-state index in [1.807, 2.05) is 6.92 Å². The lowest BCUT2D eigenvalue weighted by Gasteiger charge is -2.29. The summed E-state index contributed by atoms with van der Waals surface area (Å²) in [5.41, 5.74) is 1.80. The van der Waals surface area contributed by atoms with E-state index in [1.165, 1.54) is 37.9 Å². The van der Waals surface area contributed by atoms with Gasteiger partial charge in [-0.25, -0.2) is 0 Å². The Hall–Kier alpha value is -1.02. The van der Waals surface area contributed by atoms with E-state index in [2.05, 4.69) is 43.1 Å². The van der Waals surface area contributed by atoms with Gasteiger partial charge in [-0.1, -0.05) is 25.5 Å². The molecule has 0 spiro atoms. The maximum absolute atomic E-state index is 5.64. The van der Waals surface area contributed by atoms with Crippen LogP contribution in [0.4, 0.5) is 0 Å². The van der Waals surface area contributed by atoms with Gasteiger partial charge < -0.3 is 9.64 Å². The van der Waals surface area contributed by atoms with Crippen molar-refractivity contribution in [2.24, 2.45) is 0 Å². The Bertz CT molecular complexity index is 386. The fourth-order valence-electron chi connectivity index (χ4n) is 3.22. The van der Waals surface area contributed by atoms with Gasteiger partial charge in [-0.05, 0) is 51.1 Å². The van der Waals surface area contributed by atoms with Crippen LogP contribution in [0, 0.1) is 0 Å². The second-order valence-corrected chi connectivity index (χ2v) is 5.48. The van der Waals surface area contributed by atoms with Crippen molar-refractivity contribution in [2.45, 2.75) is 38.5 Å². The van der Waals surface area contributed by atoms with E-state index in [0.717, 1.165) is 12.4 Å². The van der Waals surface area contributed by atoms with Crippen molar-refractivity contribution >= 4 is 0 Å². The third-order valence-corrected chi connectivity index (χ3v) is 4.03. The Morgan fingerprint density at radius 1 is 1.33 bits per heavy atom. The van der Waals surface area contributed by atoms with E-state index in [9.17, 15) is 0 Å². The Morgan fingerprint density at radius 2 is 2.17 bits per heavy atom. The highest BCUT2D eigenvalue weighted by atomic mass is 16.5. The van der Waals surface area contributed by atoms with Crippen LogP contribution < -0.4 is 4.74 Å². The molecule has 1 aliphatic heterocycles. The second kappa shape index (κ2) is 5.75. The Labute approximate surface area is 111 Å². The predicted molar refractivity (Wildman–Crippen MR) is 76.3 cm³/mol. The van der Waals surface area contributed by atoms with E-state index in [4.69, 9.17) is 4.74 Å². The van der Waals surface area contributed by atoms with Gasteiger partial charge in [0.1, 0.15) is 5.75 Å². The molecule has 0 bridgehead atoms. The molecule has 1 heterocycles. The van der Waals surface area contributed by atoms with Gasteiger partial charge in [-0.15, -0.1) is 0 Å². The maximum atomic E-state index is 5.64. The van der Waals surface area contributed by atoms with E-state index in [0.29, 0.717) is 5.41 Å². The average molecular weight is 247 g/mol. The van der Waals surface area contributed by atoms with Crippen LogP contribution in [0.15, 0.2) is 24.3 Å². The average Bonchev–Trinajstić information content (AvgIpc) is 2.73. The monoisotopic (exact) mass is 247 g/mol. The molecule has 1 unspecified atom stereocenters. The third-order valence-electron chi connectivity index (χ3n) is 4.03. The molecule has 1 aromatic rings. The van der Waals surface area contributed by atoms with Crippen molar-refractivity contribution in [2.75, 3.05) is 26.7 Å². The van der Waals surface area contributed by atoms with Crippen LogP contribution in [0.3, 0.4) is 0 Å². The number of rotatable bonds is 5. The van der Waals surface area contributed by atoms with E-state index >= 15 is 0 Å². The van der Waals surface area contributed by atoms with Crippen molar-refractivity contribution in [3.05, 3.63) is 29.8 Å². The molecule has 0 saturated carbocycles. The lowest BCUT2D eigenvalue weighted by atomic mass is 9.76. The SMILES string of the molecule is CCCC1(c2cccc(OCC)c2)CCN(C)C1. The molecule has 1 fully saturated rings. The lowest BCUT2D eigenvalue weighted by molar-refractivity contribution is 0.333. The van der Waals surface area contributed by atoms with Crippen LogP contribution in [0.25, 0.3) is 0 Å². The van der Waals surface area contributed by atoms with Gasteiger partial charge in [0.05, 0.1) is 6.61 Å². The summed E-state index contributed by atoms with van der Waals surface area (Å²) >= 11 is 0. The zero-order chi connectivity index (χ0) is 13.0. The van der Waals surface area contributed by atoms with Crippen LogP contribution in [0.1, 0.15) is 38.7 Å². The summed E-state index contributed by atoms with van der Waals surface area (Å²) in [6, 6.07) is 8.72. The number of likely N-dealkylation sites (tertiary alicyclic amines) is 1. The minimum Gasteiger partial charge on any atom is -0.494 e. The van der Waals surface area contributed by atoms with Gasteiger partial charge >= 0.3 is 0 Å².